The number of aliphatic imine (C=N–C) groups is 1. The number of ether oxygens (including phenoxy) is 1. The molecule has 0 aliphatic rings. The third-order valence-corrected chi connectivity index (χ3v) is 2.34. The lowest BCUT2D eigenvalue weighted by molar-refractivity contribution is -0.134. The van der Waals surface area contributed by atoms with E-state index in [-0.39, 0.29) is 5.41 Å². The van der Waals surface area contributed by atoms with Gasteiger partial charge >= 0.3 is 5.97 Å². The largest absolute Gasteiger partial charge is 0.462 e. The lowest BCUT2D eigenvalue weighted by Crippen LogP contribution is -2.10. The quantitative estimate of drug-likeness (QED) is 0.593. The van der Waals surface area contributed by atoms with Gasteiger partial charge in [0.05, 0.1) is 12.3 Å². The van der Waals surface area contributed by atoms with Gasteiger partial charge in [-0.05, 0) is 30.0 Å². The average molecular weight is 233 g/mol. The molecule has 0 unspecified atom stereocenters. The second-order valence-electron chi connectivity index (χ2n) is 4.81. The third kappa shape index (κ3) is 4.39. The van der Waals surface area contributed by atoms with Crippen molar-refractivity contribution in [1.82, 2.24) is 0 Å². The Kier molecular flexibility index (Phi) is 4.44. The van der Waals surface area contributed by atoms with E-state index in [4.69, 9.17) is 4.74 Å². The van der Waals surface area contributed by atoms with Crippen LogP contribution < -0.4 is 0 Å². The molecule has 1 rings (SSSR count). The first kappa shape index (κ1) is 13.4. The maximum Gasteiger partial charge on any atom is 0.349 e. The van der Waals surface area contributed by atoms with E-state index in [1.165, 1.54) is 11.8 Å². The molecule has 0 bridgehead atoms. The van der Waals surface area contributed by atoms with Crippen LogP contribution in [0.2, 0.25) is 0 Å². The van der Waals surface area contributed by atoms with Gasteiger partial charge < -0.3 is 4.74 Å². The van der Waals surface area contributed by atoms with Gasteiger partial charge in [-0.1, -0.05) is 32.9 Å². The molecule has 0 radical (unpaired) electrons. The van der Waals surface area contributed by atoms with Crippen molar-refractivity contribution in [2.24, 2.45) is 4.99 Å². The fraction of sp³-hybridized carbons (Fsp3) is 0.429. The minimum absolute atomic E-state index is 0.128. The Labute approximate surface area is 103 Å². The van der Waals surface area contributed by atoms with Gasteiger partial charge in [0.2, 0.25) is 0 Å². The van der Waals surface area contributed by atoms with Crippen molar-refractivity contribution >= 4 is 17.9 Å². The molecule has 0 aliphatic carbocycles. The van der Waals surface area contributed by atoms with E-state index in [0.717, 1.165) is 5.69 Å². The molecule has 0 saturated carbocycles. The van der Waals surface area contributed by atoms with Crippen molar-refractivity contribution in [3.05, 3.63) is 29.8 Å². The molecule has 1 aromatic rings. The molecule has 0 saturated heterocycles. The van der Waals surface area contributed by atoms with Crippen LogP contribution in [-0.2, 0) is 14.9 Å². The number of carbonyl (C=O) groups excluding carboxylic acids is 1. The van der Waals surface area contributed by atoms with Crippen LogP contribution in [0.15, 0.2) is 29.3 Å². The van der Waals surface area contributed by atoms with Crippen molar-refractivity contribution in [3.63, 3.8) is 0 Å². The van der Waals surface area contributed by atoms with Crippen molar-refractivity contribution in [2.45, 2.75) is 33.1 Å². The molecule has 1 aromatic carbocycles. The van der Waals surface area contributed by atoms with Gasteiger partial charge in [0.1, 0.15) is 6.21 Å². The predicted molar refractivity (Wildman–Crippen MR) is 69.9 cm³/mol. The van der Waals surface area contributed by atoms with Crippen molar-refractivity contribution in [3.8, 4) is 0 Å². The summed E-state index contributed by atoms with van der Waals surface area (Å²) in [6, 6.07) is 7.85. The first-order valence-corrected chi connectivity index (χ1v) is 5.75. The van der Waals surface area contributed by atoms with Crippen molar-refractivity contribution < 1.29 is 9.53 Å². The fourth-order valence-electron chi connectivity index (χ4n) is 1.35. The third-order valence-electron chi connectivity index (χ3n) is 2.34. The van der Waals surface area contributed by atoms with Gasteiger partial charge in [0.15, 0.2) is 0 Å². The molecule has 0 N–H and O–H groups in total. The molecule has 17 heavy (non-hydrogen) atoms. The molecule has 3 heteroatoms. The fourth-order valence-corrected chi connectivity index (χ4v) is 1.35. The Bertz CT molecular complexity index is 399. The summed E-state index contributed by atoms with van der Waals surface area (Å²) in [5.41, 5.74) is 2.13. The Hall–Kier alpha value is -1.64. The molecule has 0 atom stereocenters. The maximum absolute atomic E-state index is 11.1. The van der Waals surface area contributed by atoms with Crippen LogP contribution in [0.3, 0.4) is 0 Å². The van der Waals surface area contributed by atoms with Crippen LogP contribution in [0.1, 0.15) is 33.3 Å². The van der Waals surface area contributed by atoms with E-state index >= 15 is 0 Å². The standard InChI is InChI=1S/C14H19NO2/c1-5-17-13(16)10-15-12-8-6-11(7-9-12)14(2,3)4/h6-10H,5H2,1-4H3. The number of carbonyl (C=O) groups is 1. The van der Waals surface area contributed by atoms with Crippen LogP contribution >= 0.6 is 0 Å². The van der Waals surface area contributed by atoms with E-state index in [1.807, 2.05) is 24.3 Å². The van der Waals surface area contributed by atoms with E-state index in [2.05, 4.69) is 25.8 Å². The van der Waals surface area contributed by atoms with Gasteiger partial charge in [-0.15, -0.1) is 0 Å². The predicted octanol–water partition coefficient (Wildman–Crippen LogP) is 3.25. The molecule has 0 heterocycles. The summed E-state index contributed by atoms with van der Waals surface area (Å²) in [6.07, 6.45) is 1.20. The first-order chi connectivity index (χ1) is 7.93. The Morgan fingerprint density at radius 3 is 2.35 bits per heavy atom. The topological polar surface area (TPSA) is 38.7 Å². The van der Waals surface area contributed by atoms with Crippen LogP contribution in [0, 0.1) is 0 Å². The van der Waals surface area contributed by atoms with E-state index in [1.54, 1.807) is 6.92 Å². The van der Waals surface area contributed by atoms with E-state index < -0.39 is 5.97 Å². The summed E-state index contributed by atoms with van der Waals surface area (Å²) in [5.74, 6) is -0.410. The summed E-state index contributed by atoms with van der Waals surface area (Å²) in [7, 11) is 0. The number of esters is 1. The summed E-state index contributed by atoms with van der Waals surface area (Å²) in [6.45, 7) is 8.61. The number of benzene rings is 1. The second kappa shape index (κ2) is 5.62. The summed E-state index contributed by atoms with van der Waals surface area (Å²) < 4.78 is 4.75. The second-order valence-corrected chi connectivity index (χ2v) is 4.81. The minimum atomic E-state index is -0.410. The molecule has 0 aromatic heterocycles. The highest BCUT2D eigenvalue weighted by molar-refractivity contribution is 6.23. The number of rotatable bonds is 3. The van der Waals surface area contributed by atoms with E-state index in [9.17, 15) is 4.79 Å². The van der Waals surface area contributed by atoms with Gasteiger partial charge in [-0.3, -0.25) is 0 Å². The molecule has 0 spiro atoms. The summed E-state index contributed by atoms with van der Waals surface area (Å²) in [5, 5.41) is 0. The van der Waals surface area contributed by atoms with Gasteiger partial charge in [0.25, 0.3) is 0 Å². The Morgan fingerprint density at radius 2 is 1.88 bits per heavy atom. The summed E-state index contributed by atoms with van der Waals surface area (Å²) >= 11 is 0. The van der Waals surface area contributed by atoms with Crippen LogP contribution in [0.25, 0.3) is 0 Å². The highest BCUT2D eigenvalue weighted by Crippen LogP contribution is 2.24. The van der Waals surface area contributed by atoms with Gasteiger partial charge in [0, 0.05) is 0 Å². The van der Waals surface area contributed by atoms with Gasteiger partial charge in [-0.2, -0.15) is 0 Å². The molecule has 0 aliphatic heterocycles. The SMILES string of the molecule is CCOC(=O)C=Nc1ccc(C(C)(C)C)cc1. The molecular formula is C14H19NO2. The first-order valence-electron chi connectivity index (χ1n) is 5.75. The number of nitrogens with zero attached hydrogens (tertiary/aromatic N) is 1. The van der Waals surface area contributed by atoms with Crippen LogP contribution in [-0.4, -0.2) is 18.8 Å². The molecule has 3 nitrogen and oxygen atoms in total. The maximum atomic E-state index is 11.1. The normalized spacial score (nSPS) is 11.8. The smallest absolute Gasteiger partial charge is 0.349 e. The highest BCUT2D eigenvalue weighted by atomic mass is 16.5. The highest BCUT2D eigenvalue weighted by Gasteiger charge is 2.12. The Morgan fingerprint density at radius 1 is 1.29 bits per heavy atom. The zero-order chi connectivity index (χ0) is 12.9. The van der Waals surface area contributed by atoms with E-state index in [0.29, 0.717) is 6.61 Å². The van der Waals surface area contributed by atoms with Crippen molar-refractivity contribution in [2.75, 3.05) is 6.61 Å². The zero-order valence-corrected chi connectivity index (χ0v) is 10.9. The minimum Gasteiger partial charge on any atom is -0.462 e. The van der Waals surface area contributed by atoms with Crippen LogP contribution in [0.4, 0.5) is 5.69 Å². The number of hydrogen-bond donors (Lipinski definition) is 0. The lowest BCUT2D eigenvalue weighted by Gasteiger charge is -2.18. The summed E-state index contributed by atoms with van der Waals surface area (Å²) in [4.78, 5) is 15.1. The lowest BCUT2D eigenvalue weighted by atomic mass is 9.87. The molecule has 0 fully saturated rings. The zero-order valence-electron chi connectivity index (χ0n) is 10.9. The molecular weight excluding hydrogens is 214 g/mol. The molecule has 92 valence electrons. The van der Waals surface area contributed by atoms with Crippen molar-refractivity contribution in [1.29, 1.82) is 0 Å². The molecule has 0 amide bonds. The Balaban J connectivity index is 2.72. The monoisotopic (exact) mass is 233 g/mol. The number of hydrogen-bond acceptors (Lipinski definition) is 3. The van der Waals surface area contributed by atoms with Gasteiger partial charge in [-0.25, -0.2) is 9.79 Å². The van der Waals surface area contributed by atoms with Crippen LogP contribution in [0.5, 0.6) is 0 Å². The average Bonchev–Trinajstić information content (AvgIpc) is 2.26.